The predicted molar refractivity (Wildman–Crippen MR) is 200 cm³/mol. The number of hydrogen-bond acceptors (Lipinski definition) is 14. The zero-order chi connectivity index (χ0) is 41.1. The van der Waals surface area contributed by atoms with Crippen LogP contribution < -0.4 is 9.80 Å². The number of phenolic OH excluding ortho intramolecular Hbond substituents is 2. The van der Waals surface area contributed by atoms with E-state index in [0.29, 0.717) is 0 Å². The van der Waals surface area contributed by atoms with Gasteiger partial charge in [-0.2, -0.15) is 0 Å². The largest absolute Gasteiger partial charge is 0.508 e. The first kappa shape index (κ1) is 43.3. The van der Waals surface area contributed by atoms with Gasteiger partial charge in [0.15, 0.2) is 11.6 Å². The number of ketones is 2. The monoisotopic (exact) mass is 754 g/mol. The number of hydrogen-bond donors (Lipinski definition) is 2. The van der Waals surface area contributed by atoms with Crippen LogP contribution in [0.15, 0.2) is 36.4 Å². The van der Waals surface area contributed by atoms with E-state index in [1.54, 1.807) is 83.1 Å². The summed E-state index contributed by atoms with van der Waals surface area (Å²) < 4.78 is 21.7. The Bertz CT molecular complexity index is 1570. The molecule has 2 aromatic rings. The molecule has 3 rings (SSSR count). The Morgan fingerprint density at radius 3 is 0.944 bits per heavy atom. The third-order valence-electron chi connectivity index (χ3n) is 7.48. The molecule has 2 aromatic carbocycles. The molecule has 54 heavy (non-hydrogen) atoms. The van der Waals surface area contributed by atoms with E-state index in [0.717, 1.165) is 0 Å². The maximum absolute atomic E-state index is 13.5. The minimum atomic E-state index is -1.34. The number of carbonyl (C=O) groups excluding carboxylic acids is 6. The van der Waals surface area contributed by atoms with Crippen molar-refractivity contribution in [1.82, 2.24) is 0 Å². The number of anilines is 2. The van der Waals surface area contributed by atoms with Gasteiger partial charge in [0.2, 0.25) is 0 Å². The van der Waals surface area contributed by atoms with Crippen LogP contribution in [-0.4, -0.2) is 94.2 Å². The molecule has 1 saturated carbocycles. The molecule has 0 atom stereocenters. The van der Waals surface area contributed by atoms with Gasteiger partial charge in [0, 0.05) is 34.6 Å². The highest BCUT2D eigenvalue weighted by Gasteiger charge is 2.52. The molecule has 0 aliphatic heterocycles. The molecular weight excluding hydrogens is 700 g/mol. The van der Waals surface area contributed by atoms with Gasteiger partial charge in [-0.1, -0.05) is 12.1 Å². The van der Waals surface area contributed by atoms with E-state index in [-0.39, 0.29) is 48.7 Å². The average Bonchev–Trinajstić information content (AvgIpc) is 2.94. The lowest BCUT2D eigenvalue weighted by Crippen LogP contribution is -2.44. The normalized spacial score (nSPS) is 16.2. The third kappa shape index (κ3) is 12.5. The number of ether oxygens (including phenoxy) is 4. The fourth-order valence-electron chi connectivity index (χ4n) is 5.67. The molecule has 0 bridgehead atoms. The van der Waals surface area contributed by atoms with Crippen LogP contribution in [0.3, 0.4) is 0 Å². The molecule has 14 nitrogen and oxygen atoms in total. The summed E-state index contributed by atoms with van der Waals surface area (Å²) >= 11 is 0. The van der Waals surface area contributed by atoms with Crippen molar-refractivity contribution in [1.29, 1.82) is 0 Å². The van der Waals surface area contributed by atoms with Gasteiger partial charge in [-0.25, -0.2) is 0 Å². The molecule has 0 amide bonds. The number of nitrogens with zero attached hydrogens (tertiary/aromatic N) is 2. The first-order valence-electron chi connectivity index (χ1n) is 17.6. The van der Waals surface area contributed by atoms with Crippen molar-refractivity contribution in [3.8, 4) is 11.5 Å². The molecule has 296 valence electrons. The maximum Gasteiger partial charge on any atom is 0.326 e. The summed E-state index contributed by atoms with van der Waals surface area (Å²) in [5, 5.41) is 22.1. The SMILES string of the molecule is CC(C)(C)OC(=O)CN(CC(=O)OC(C)(C)C)c1ccc(C2C(=O)C(c3ccc(N(CC(=O)OC(C)(C)C)CC(=O)OC(C)(C)C)cc3O)C2=O)c(O)c1. The fourth-order valence-corrected chi connectivity index (χ4v) is 5.67. The molecule has 0 spiro atoms. The molecule has 14 heteroatoms. The Morgan fingerprint density at radius 1 is 0.500 bits per heavy atom. The number of esters is 4. The van der Waals surface area contributed by atoms with E-state index >= 15 is 0 Å². The van der Waals surface area contributed by atoms with Crippen LogP contribution in [0.25, 0.3) is 0 Å². The van der Waals surface area contributed by atoms with Crippen LogP contribution in [0.4, 0.5) is 11.4 Å². The van der Waals surface area contributed by atoms with E-state index < -0.39 is 81.2 Å². The number of carbonyl (C=O) groups is 6. The van der Waals surface area contributed by atoms with Crippen molar-refractivity contribution in [3.63, 3.8) is 0 Å². The molecule has 1 fully saturated rings. The second-order valence-electron chi connectivity index (χ2n) is 17.2. The quantitative estimate of drug-likeness (QED) is 0.166. The second-order valence-corrected chi connectivity index (χ2v) is 17.2. The molecule has 0 saturated heterocycles. The summed E-state index contributed by atoms with van der Waals surface area (Å²) in [5.74, 6) is -7.22. The predicted octanol–water partition coefficient (Wildman–Crippen LogP) is 5.10. The molecule has 0 heterocycles. The summed E-state index contributed by atoms with van der Waals surface area (Å²) in [5.41, 5.74) is -2.69. The van der Waals surface area contributed by atoms with Gasteiger partial charge in [0.1, 0.15) is 71.9 Å². The van der Waals surface area contributed by atoms with Crippen LogP contribution in [0.5, 0.6) is 11.5 Å². The van der Waals surface area contributed by atoms with Gasteiger partial charge in [-0.15, -0.1) is 0 Å². The topological polar surface area (TPSA) is 186 Å². The highest BCUT2D eigenvalue weighted by Crippen LogP contribution is 2.47. The molecule has 1 aliphatic rings. The molecule has 0 aromatic heterocycles. The Hall–Kier alpha value is -5.14. The van der Waals surface area contributed by atoms with E-state index in [4.69, 9.17) is 18.9 Å². The van der Waals surface area contributed by atoms with Crippen LogP contribution in [0.1, 0.15) is 106 Å². The fraction of sp³-hybridized carbons (Fsp3) is 0.550. The van der Waals surface area contributed by atoms with E-state index in [1.165, 1.54) is 46.2 Å². The van der Waals surface area contributed by atoms with Crippen LogP contribution >= 0.6 is 0 Å². The standard InChI is InChI=1S/C40H54N2O12/c1-37(2,3)51-29(45)19-41(20-30(46)52-38(4,5)6)23-13-15-25(27(43)17-23)33-35(49)34(36(33)50)26-16-14-24(18-28(26)44)42(21-31(47)53-39(7,8)9)22-32(48)54-40(10,11)12/h13-18,33-34,43-44H,19-22H2,1-12H3. The second kappa shape index (κ2) is 16.1. The molecule has 1 aliphatic carbocycles. The maximum atomic E-state index is 13.5. The van der Waals surface area contributed by atoms with Crippen LogP contribution in [0, 0.1) is 0 Å². The lowest BCUT2D eigenvalue weighted by molar-refractivity contribution is -0.156. The highest BCUT2D eigenvalue weighted by atomic mass is 16.6. The van der Waals surface area contributed by atoms with Gasteiger partial charge in [-0.3, -0.25) is 28.8 Å². The van der Waals surface area contributed by atoms with Gasteiger partial charge >= 0.3 is 23.9 Å². The zero-order valence-corrected chi connectivity index (χ0v) is 33.3. The van der Waals surface area contributed by atoms with Gasteiger partial charge in [-0.05, 0) is 95.2 Å². The first-order valence-corrected chi connectivity index (χ1v) is 17.6. The van der Waals surface area contributed by atoms with Crippen molar-refractivity contribution in [2.24, 2.45) is 0 Å². The summed E-state index contributed by atoms with van der Waals surface area (Å²) in [4.78, 5) is 80.7. The Kier molecular flexibility index (Phi) is 12.9. The van der Waals surface area contributed by atoms with Crippen molar-refractivity contribution >= 4 is 46.8 Å². The van der Waals surface area contributed by atoms with E-state index in [2.05, 4.69) is 0 Å². The van der Waals surface area contributed by atoms with Crippen molar-refractivity contribution < 1.29 is 57.9 Å². The summed E-state index contributed by atoms with van der Waals surface area (Å²) in [6, 6.07) is 8.16. The number of rotatable bonds is 12. The Balaban J connectivity index is 1.87. The van der Waals surface area contributed by atoms with Gasteiger partial charge in [0.25, 0.3) is 0 Å². The third-order valence-corrected chi connectivity index (χ3v) is 7.48. The van der Waals surface area contributed by atoms with Crippen molar-refractivity contribution in [3.05, 3.63) is 47.5 Å². The Morgan fingerprint density at radius 2 is 0.741 bits per heavy atom. The van der Waals surface area contributed by atoms with Gasteiger partial charge < -0.3 is 39.0 Å². The van der Waals surface area contributed by atoms with Gasteiger partial charge in [0.05, 0.1) is 0 Å². The smallest absolute Gasteiger partial charge is 0.326 e. The first-order chi connectivity index (χ1) is 24.5. The summed E-state index contributed by atoms with van der Waals surface area (Å²) in [6.45, 7) is 19.0. The summed E-state index contributed by atoms with van der Waals surface area (Å²) in [6.07, 6.45) is 0. The molecule has 0 unspecified atom stereocenters. The molecule has 2 N–H and O–H groups in total. The number of Topliss-reactive ketones (excluding diaryl/α,β-unsaturated/α-hetero) is 2. The average molecular weight is 755 g/mol. The van der Waals surface area contributed by atoms with Crippen LogP contribution in [0.2, 0.25) is 0 Å². The van der Waals surface area contributed by atoms with Crippen molar-refractivity contribution in [2.75, 3.05) is 36.0 Å². The number of benzene rings is 2. The summed E-state index contributed by atoms with van der Waals surface area (Å²) in [7, 11) is 0. The number of aromatic hydroxyl groups is 2. The van der Waals surface area contributed by atoms with Crippen molar-refractivity contribution in [2.45, 2.75) is 117 Å². The highest BCUT2D eigenvalue weighted by molar-refractivity contribution is 6.31. The minimum Gasteiger partial charge on any atom is -0.508 e. The lowest BCUT2D eigenvalue weighted by Gasteiger charge is -2.34. The molecular formula is C40H54N2O12. The zero-order valence-electron chi connectivity index (χ0n) is 33.3. The van der Waals surface area contributed by atoms with E-state index in [1.807, 2.05) is 0 Å². The molecule has 0 radical (unpaired) electrons. The lowest BCUT2D eigenvalue weighted by atomic mass is 9.65. The number of phenols is 2. The van der Waals surface area contributed by atoms with E-state index in [9.17, 15) is 39.0 Å². The minimum absolute atomic E-state index is 0.0106. The van der Waals surface area contributed by atoms with Crippen LogP contribution in [-0.2, 0) is 47.7 Å². The Labute approximate surface area is 316 Å².